The van der Waals surface area contributed by atoms with Crippen molar-refractivity contribution < 1.29 is 25.8 Å². The summed E-state index contributed by atoms with van der Waals surface area (Å²) in [6.45, 7) is 3.62. The number of benzene rings is 2. The molecule has 2 aromatic heterocycles. The predicted molar refractivity (Wildman–Crippen MR) is 126 cm³/mol. The lowest BCUT2D eigenvalue weighted by atomic mass is 10.0. The number of hydrogen-bond acceptors (Lipinski definition) is 7. The summed E-state index contributed by atoms with van der Waals surface area (Å²) in [6, 6.07) is 12.8. The van der Waals surface area contributed by atoms with Crippen LogP contribution in [-0.2, 0) is 30.1 Å². The molecule has 13 heteroatoms. The molecule has 0 radical (unpaired) electrons. The zero-order chi connectivity index (χ0) is 26.4. The van der Waals surface area contributed by atoms with Crippen molar-refractivity contribution in [3.05, 3.63) is 74.7 Å². The Morgan fingerprint density at radius 1 is 1.03 bits per heavy atom. The summed E-state index contributed by atoms with van der Waals surface area (Å²) in [5, 5.41) is 1.06. The monoisotopic (exact) mass is 522 g/mol. The van der Waals surface area contributed by atoms with Crippen molar-refractivity contribution in [1.29, 1.82) is 0 Å². The molecule has 190 valence electrons. The molecule has 4 rings (SSSR count). The summed E-state index contributed by atoms with van der Waals surface area (Å²) in [6.07, 6.45) is -0.0369. The fourth-order valence-corrected chi connectivity index (χ4v) is 4.24. The molecule has 4 aromatic rings. The molecule has 0 bridgehead atoms. The standard InChI is InChI=1S/C23H21F3N4O5S/c1-13(2)12-30-19-18(21(31)29(3)22(30)32)20(35-36(33,34)23(24,25)26)28-17(27-19)11-15-9-6-8-14-7-4-5-10-16(14)15/h4-10,13H,11-12H2,1-3H3. The fraction of sp³-hybridized carbons (Fsp3) is 0.304. The molecule has 2 aromatic carbocycles. The summed E-state index contributed by atoms with van der Waals surface area (Å²) in [4.78, 5) is 34.0. The second-order valence-electron chi connectivity index (χ2n) is 8.59. The first-order valence-corrected chi connectivity index (χ1v) is 12.2. The average molecular weight is 523 g/mol. The molecule has 0 saturated carbocycles. The van der Waals surface area contributed by atoms with Crippen LogP contribution in [-0.4, -0.2) is 33.0 Å². The van der Waals surface area contributed by atoms with Crippen molar-refractivity contribution in [1.82, 2.24) is 19.1 Å². The molecule has 0 aliphatic heterocycles. The Balaban J connectivity index is 2.03. The molecule has 0 aliphatic carbocycles. The number of halogens is 3. The van der Waals surface area contributed by atoms with E-state index in [9.17, 15) is 31.2 Å². The van der Waals surface area contributed by atoms with E-state index in [2.05, 4.69) is 14.2 Å². The lowest BCUT2D eigenvalue weighted by Gasteiger charge is -2.16. The molecule has 0 fully saturated rings. The summed E-state index contributed by atoms with van der Waals surface area (Å²) in [5.74, 6) is -1.34. The molecule has 0 amide bonds. The SMILES string of the molecule is CC(C)Cn1c(=O)n(C)c(=O)c2c(OS(=O)(=O)C(F)(F)F)nc(Cc3cccc4ccccc34)nc21. The second kappa shape index (κ2) is 9.04. The van der Waals surface area contributed by atoms with Crippen molar-refractivity contribution in [3.63, 3.8) is 0 Å². The third kappa shape index (κ3) is 4.57. The minimum atomic E-state index is -6.17. The molecule has 0 N–H and O–H groups in total. The number of nitrogens with zero attached hydrogens (tertiary/aromatic N) is 4. The van der Waals surface area contributed by atoms with Crippen LogP contribution in [0.5, 0.6) is 5.88 Å². The molecule has 9 nitrogen and oxygen atoms in total. The van der Waals surface area contributed by atoms with E-state index in [0.717, 1.165) is 22.4 Å². The number of rotatable bonds is 6. The first kappa shape index (κ1) is 25.4. The van der Waals surface area contributed by atoms with E-state index >= 15 is 0 Å². The molecule has 0 unspecified atom stereocenters. The van der Waals surface area contributed by atoms with Crippen molar-refractivity contribution in [2.45, 2.75) is 32.3 Å². The van der Waals surface area contributed by atoms with Crippen LogP contribution in [0.1, 0.15) is 25.2 Å². The van der Waals surface area contributed by atoms with Gasteiger partial charge in [0.15, 0.2) is 5.65 Å². The third-order valence-corrected chi connectivity index (χ3v) is 6.39. The van der Waals surface area contributed by atoms with Crippen LogP contribution >= 0.6 is 0 Å². The Morgan fingerprint density at radius 3 is 2.36 bits per heavy atom. The minimum absolute atomic E-state index is 0.0369. The summed E-state index contributed by atoms with van der Waals surface area (Å²) < 4.78 is 69.2. The van der Waals surface area contributed by atoms with Gasteiger partial charge in [0.2, 0.25) is 0 Å². The minimum Gasteiger partial charge on any atom is -0.354 e. The zero-order valence-electron chi connectivity index (χ0n) is 19.4. The first-order valence-electron chi connectivity index (χ1n) is 10.8. The number of fused-ring (bicyclic) bond motifs is 2. The quantitative estimate of drug-likeness (QED) is 0.282. The van der Waals surface area contributed by atoms with Crippen LogP contribution < -0.4 is 15.4 Å². The van der Waals surface area contributed by atoms with Gasteiger partial charge < -0.3 is 4.18 Å². The van der Waals surface area contributed by atoms with Crippen LogP contribution in [0.15, 0.2) is 52.1 Å². The van der Waals surface area contributed by atoms with Gasteiger partial charge in [0.1, 0.15) is 11.2 Å². The van der Waals surface area contributed by atoms with Gasteiger partial charge in [-0.2, -0.15) is 26.6 Å². The van der Waals surface area contributed by atoms with Gasteiger partial charge in [0.05, 0.1) is 0 Å². The van der Waals surface area contributed by atoms with Crippen LogP contribution in [0.2, 0.25) is 0 Å². The maximum atomic E-state index is 13.1. The van der Waals surface area contributed by atoms with Gasteiger partial charge >= 0.3 is 21.3 Å². The Hall–Kier alpha value is -3.74. The van der Waals surface area contributed by atoms with E-state index in [-0.39, 0.29) is 30.4 Å². The topological polar surface area (TPSA) is 113 Å². The second-order valence-corrected chi connectivity index (χ2v) is 10.1. The van der Waals surface area contributed by atoms with E-state index in [1.165, 1.54) is 0 Å². The summed E-state index contributed by atoms with van der Waals surface area (Å²) >= 11 is 0. The maximum Gasteiger partial charge on any atom is 0.534 e. The van der Waals surface area contributed by atoms with E-state index in [1.54, 1.807) is 26.0 Å². The fourth-order valence-electron chi connectivity index (χ4n) is 3.82. The molecular weight excluding hydrogens is 501 g/mol. The van der Waals surface area contributed by atoms with Crippen LogP contribution in [0.25, 0.3) is 21.8 Å². The Morgan fingerprint density at radius 2 is 1.69 bits per heavy atom. The van der Waals surface area contributed by atoms with Crippen LogP contribution in [0.3, 0.4) is 0 Å². The number of hydrogen-bond donors (Lipinski definition) is 0. The highest BCUT2D eigenvalue weighted by Gasteiger charge is 2.49. The molecule has 2 heterocycles. The van der Waals surface area contributed by atoms with Gasteiger partial charge in [-0.05, 0) is 22.3 Å². The van der Waals surface area contributed by atoms with E-state index in [0.29, 0.717) is 10.1 Å². The van der Waals surface area contributed by atoms with Crippen molar-refractivity contribution in [3.8, 4) is 5.88 Å². The van der Waals surface area contributed by atoms with Crippen molar-refractivity contribution in [2.75, 3.05) is 0 Å². The van der Waals surface area contributed by atoms with E-state index in [1.807, 2.05) is 30.3 Å². The van der Waals surface area contributed by atoms with Gasteiger partial charge in [0.25, 0.3) is 11.4 Å². The van der Waals surface area contributed by atoms with Gasteiger partial charge in [0, 0.05) is 20.0 Å². The maximum absolute atomic E-state index is 13.1. The van der Waals surface area contributed by atoms with Crippen LogP contribution in [0, 0.1) is 5.92 Å². The normalized spacial score (nSPS) is 12.5. The Kier molecular flexibility index (Phi) is 6.37. The van der Waals surface area contributed by atoms with Crippen molar-refractivity contribution >= 4 is 31.9 Å². The highest BCUT2D eigenvalue weighted by molar-refractivity contribution is 7.88. The lowest BCUT2D eigenvalue weighted by molar-refractivity contribution is -0.0501. The Labute approximate surface area is 202 Å². The summed E-state index contributed by atoms with van der Waals surface area (Å²) in [7, 11) is -5.05. The van der Waals surface area contributed by atoms with E-state index in [4.69, 9.17) is 0 Å². The summed E-state index contributed by atoms with van der Waals surface area (Å²) in [5.41, 5.74) is -7.23. The van der Waals surface area contributed by atoms with Gasteiger partial charge in [-0.15, -0.1) is 0 Å². The highest BCUT2D eigenvalue weighted by atomic mass is 32.2. The number of aromatic nitrogens is 4. The molecular formula is C23H21F3N4O5S. The number of alkyl halides is 3. The van der Waals surface area contributed by atoms with Crippen molar-refractivity contribution in [2.24, 2.45) is 13.0 Å². The van der Waals surface area contributed by atoms with Crippen LogP contribution in [0.4, 0.5) is 13.2 Å². The molecule has 36 heavy (non-hydrogen) atoms. The molecule has 0 saturated heterocycles. The lowest BCUT2D eigenvalue weighted by Crippen LogP contribution is -2.40. The van der Waals surface area contributed by atoms with Gasteiger partial charge in [-0.3, -0.25) is 13.9 Å². The van der Waals surface area contributed by atoms with Gasteiger partial charge in [-0.25, -0.2) is 9.78 Å². The highest BCUT2D eigenvalue weighted by Crippen LogP contribution is 2.29. The first-order chi connectivity index (χ1) is 16.8. The molecule has 0 atom stereocenters. The molecule has 0 spiro atoms. The largest absolute Gasteiger partial charge is 0.534 e. The average Bonchev–Trinajstić information content (AvgIpc) is 2.79. The molecule has 0 aliphatic rings. The predicted octanol–water partition coefficient (Wildman–Crippen LogP) is 3.12. The van der Waals surface area contributed by atoms with Gasteiger partial charge in [-0.1, -0.05) is 56.3 Å². The Bertz CT molecular complexity index is 1700. The zero-order valence-corrected chi connectivity index (χ0v) is 20.2. The smallest absolute Gasteiger partial charge is 0.354 e. The van der Waals surface area contributed by atoms with E-state index < -0.39 is 38.1 Å². The third-order valence-electron chi connectivity index (χ3n) is 5.44.